The van der Waals surface area contributed by atoms with Gasteiger partial charge < -0.3 is 10.1 Å². The lowest BCUT2D eigenvalue weighted by atomic mass is 10.0. The molecule has 1 N–H and O–H groups in total. The maximum Gasteiger partial charge on any atom is 0.123 e. The first-order valence-electron chi connectivity index (χ1n) is 8.32. The number of para-hydroxylation sites is 1. The predicted molar refractivity (Wildman–Crippen MR) is 90.9 cm³/mol. The molecule has 1 aromatic rings. The molecule has 1 rings (SSSR count). The van der Waals surface area contributed by atoms with E-state index in [1.807, 2.05) is 13.1 Å². The Morgan fingerprint density at radius 3 is 2.48 bits per heavy atom. The van der Waals surface area contributed by atoms with Gasteiger partial charge in [-0.3, -0.25) is 4.90 Å². The van der Waals surface area contributed by atoms with Crippen molar-refractivity contribution in [3.8, 4) is 5.75 Å². The monoisotopic (exact) mass is 292 g/mol. The van der Waals surface area contributed by atoms with Crippen LogP contribution in [0.15, 0.2) is 24.3 Å². The normalized spacial score (nSPS) is 11.3. The molecule has 0 fully saturated rings. The topological polar surface area (TPSA) is 24.5 Å². The van der Waals surface area contributed by atoms with Gasteiger partial charge in [0, 0.05) is 25.2 Å². The third-order valence-corrected chi connectivity index (χ3v) is 4.12. The number of likely N-dealkylation sites (N-methyl/N-ethyl adjacent to an activating group) is 1. The first kappa shape index (κ1) is 18.0. The molecule has 0 aromatic heterocycles. The highest BCUT2D eigenvalue weighted by Gasteiger charge is 2.10. The van der Waals surface area contributed by atoms with Crippen molar-refractivity contribution in [3.63, 3.8) is 0 Å². The fraction of sp³-hybridized carbons (Fsp3) is 0.667. The summed E-state index contributed by atoms with van der Waals surface area (Å²) in [5.41, 5.74) is 1.23. The Bertz CT molecular complexity index is 377. The van der Waals surface area contributed by atoms with E-state index in [4.69, 9.17) is 4.74 Å². The van der Waals surface area contributed by atoms with Crippen LogP contribution in [0, 0.1) is 5.92 Å². The quantitative estimate of drug-likeness (QED) is 0.675. The molecule has 0 aliphatic carbocycles. The van der Waals surface area contributed by atoms with Crippen LogP contribution in [-0.2, 0) is 6.54 Å². The van der Waals surface area contributed by atoms with Crippen molar-refractivity contribution in [2.24, 2.45) is 5.92 Å². The Morgan fingerprint density at radius 1 is 1.14 bits per heavy atom. The van der Waals surface area contributed by atoms with Crippen LogP contribution in [0.25, 0.3) is 0 Å². The van der Waals surface area contributed by atoms with E-state index in [0.717, 1.165) is 37.9 Å². The van der Waals surface area contributed by atoms with Crippen LogP contribution in [0.4, 0.5) is 0 Å². The van der Waals surface area contributed by atoms with Gasteiger partial charge in [0.05, 0.1) is 0 Å². The van der Waals surface area contributed by atoms with Gasteiger partial charge in [0.2, 0.25) is 0 Å². The van der Waals surface area contributed by atoms with E-state index in [1.54, 1.807) is 0 Å². The van der Waals surface area contributed by atoms with Crippen molar-refractivity contribution < 1.29 is 4.74 Å². The maximum atomic E-state index is 5.99. The Morgan fingerprint density at radius 2 is 1.86 bits per heavy atom. The summed E-state index contributed by atoms with van der Waals surface area (Å²) in [6.45, 7) is 11.7. The summed E-state index contributed by atoms with van der Waals surface area (Å²) in [5.74, 6) is 1.81. The number of nitrogens with zero attached hydrogens (tertiary/aromatic N) is 1. The molecule has 0 unspecified atom stereocenters. The lowest BCUT2D eigenvalue weighted by molar-refractivity contribution is 0.187. The van der Waals surface area contributed by atoms with Crippen LogP contribution in [0.2, 0.25) is 0 Å². The summed E-state index contributed by atoms with van der Waals surface area (Å²) in [4.78, 5) is 2.50. The first-order chi connectivity index (χ1) is 10.2. The van der Waals surface area contributed by atoms with Gasteiger partial charge in [0.25, 0.3) is 0 Å². The van der Waals surface area contributed by atoms with Crippen molar-refractivity contribution in [1.29, 1.82) is 0 Å². The van der Waals surface area contributed by atoms with Crippen LogP contribution in [0.5, 0.6) is 5.75 Å². The minimum Gasteiger partial charge on any atom is -0.492 e. The minimum atomic E-state index is 0.759. The van der Waals surface area contributed by atoms with Gasteiger partial charge in [-0.2, -0.15) is 0 Å². The molecule has 0 heterocycles. The second kappa shape index (κ2) is 10.6. The molecule has 120 valence electrons. The zero-order valence-electron chi connectivity index (χ0n) is 14.2. The number of hydrogen-bond donors (Lipinski definition) is 1. The van der Waals surface area contributed by atoms with E-state index >= 15 is 0 Å². The zero-order valence-corrected chi connectivity index (χ0v) is 14.2. The van der Waals surface area contributed by atoms with Gasteiger partial charge in [-0.1, -0.05) is 51.8 Å². The lowest BCUT2D eigenvalue weighted by Gasteiger charge is -2.25. The van der Waals surface area contributed by atoms with Crippen LogP contribution in [0.1, 0.15) is 39.2 Å². The van der Waals surface area contributed by atoms with Gasteiger partial charge in [-0.05, 0) is 25.6 Å². The summed E-state index contributed by atoms with van der Waals surface area (Å²) in [7, 11) is 1.96. The number of rotatable bonds is 11. The molecule has 0 radical (unpaired) electrons. The summed E-state index contributed by atoms with van der Waals surface area (Å²) in [6, 6.07) is 8.28. The smallest absolute Gasteiger partial charge is 0.123 e. The second-order valence-corrected chi connectivity index (χ2v) is 5.56. The maximum absolute atomic E-state index is 5.99. The highest BCUT2D eigenvalue weighted by atomic mass is 16.5. The third-order valence-electron chi connectivity index (χ3n) is 4.12. The highest BCUT2D eigenvalue weighted by Crippen LogP contribution is 2.17. The lowest BCUT2D eigenvalue weighted by Crippen LogP contribution is -2.33. The number of hydrogen-bond acceptors (Lipinski definition) is 3. The highest BCUT2D eigenvalue weighted by molar-refractivity contribution is 5.33. The summed E-state index contributed by atoms with van der Waals surface area (Å²) < 4.78 is 5.99. The van der Waals surface area contributed by atoms with Gasteiger partial charge in [-0.25, -0.2) is 0 Å². The molecule has 0 aliphatic heterocycles. The van der Waals surface area contributed by atoms with Crippen LogP contribution in [0.3, 0.4) is 0 Å². The third kappa shape index (κ3) is 6.49. The Kier molecular flexibility index (Phi) is 9.11. The molecule has 1 aromatic carbocycles. The first-order valence-corrected chi connectivity index (χ1v) is 8.32. The van der Waals surface area contributed by atoms with Crippen LogP contribution >= 0.6 is 0 Å². The molecule has 0 saturated heterocycles. The Balaban J connectivity index is 2.44. The Hall–Kier alpha value is -1.06. The molecular formula is C18H32N2O. The average Bonchev–Trinajstić information content (AvgIpc) is 2.52. The summed E-state index contributed by atoms with van der Waals surface area (Å²) in [6.07, 6.45) is 2.53. The molecule has 0 saturated carbocycles. The molecule has 21 heavy (non-hydrogen) atoms. The standard InChI is InChI=1S/C18H32N2O/c1-5-16(6-2)15-20(7-3)12-13-21-18-11-9-8-10-17(18)14-19-4/h8-11,16,19H,5-7,12-15H2,1-4H3. The summed E-state index contributed by atoms with van der Waals surface area (Å²) >= 11 is 0. The molecule has 0 atom stereocenters. The SMILES string of the molecule is CCC(CC)CN(CC)CCOc1ccccc1CNC. The summed E-state index contributed by atoms with van der Waals surface area (Å²) in [5, 5.41) is 3.19. The average molecular weight is 292 g/mol. The molecule has 0 amide bonds. The number of benzene rings is 1. The van der Waals surface area contributed by atoms with E-state index < -0.39 is 0 Å². The molecule has 0 spiro atoms. The molecular weight excluding hydrogens is 260 g/mol. The molecule has 3 heteroatoms. The minimum absolute atomic E-state index is 0.759. The predicted octanol–water partition coefficient (Wildman–Crippen LogP) is 3.54. The van der Waals surface area contributed by atoms with Crippen LogP contribution in [-0.4, -0.2) is 38.2 Å². The van der Waals surface area contributed by atoms with Gasteiger partial charge >= 0.3 is 0 Å². The van der Waals surface area contributed by atoms with E-state index in [-0.39, 0.29) is 0 Å². The molecule has 3 nitrogen and oxygen atoms in total. The van der Waals surface area contributed by atoms with Gasteiger partial charge in [0.15, 0.2) is 0 Å². The van der Waals surface area contributed by atoms with E-state index in [1.165, 1.54) is 24.9 Å². The van der Waals surface area contributed by atoms with E-state index in [0.29, 0.717) is 0 Å². The molecule has 0 bridgehead atoms. The second-order valence-electron chi connectivity index (χ2n) is 5.56. The van der Waals surface area contributed by atoms with Crippen molar-refractivity contribution in [1.82, 2.24) is 10.2 Å². The fourth-order valence-electron chi connectivity index (χ4n) is 2.56. The fourth-order valence-corrected chi connectivity index (χ4v) is 2.56. The largest absolute Gasteiger partial charge is 0.492 e. The van der Waals surface area contributed by atoms with Crippen molar-refractivity contribution in [2.45, 2.75) is 40.2 Å². The van der Waals surface area contributed by atoms with E-state index in [2.05, 4.69) is 49.2 Å². The zero-order chi connectivity index (χ0) is 15.5. The molecule has 0 aliphatic rings. The van der Waals surface area contributed by atoms with Gasteiger partial charge in [-0.15, -0.1) is 0 Å². The number of ether oxygens (including phenoxy) is 1. The van der Waals surface area contributed by atoms with Crippen LogP contribution < -0.4 is 10.1 Å². The van der Waals surface area contributed by atoms with Crippen molar-refractivity contribution in [2.75, 3.05) is 33.3 Å². The van der Waals surface area contributed by atoms with Crippen molar-refractivity contribution in [3.05, 3.63) is 29.8 Å². The van der Waals surface area contributed by atoms with Crippen molar-refractivity contribution >= 4 is 0 Å². The Labute approximate surface area is 130 Å². The number of nitrogens with one attached hydrogen (secondary N) is 1. The van der Waals surface area contributed by atoms with Gasteiger partial charge in [0.1, 0.15) is 12.4 Å². The van der Waals surface area contributed by atoms with E-state index in [9.17, 15) is 0 Å².